The van der Waals surface area contributed by atoms with E-state index in [1.54, 1.807) is 0 Å². The van der Waals surface area contributed by atoms with E-state index in [0.29, 0.717) is 6.54 Å². The number of carbonyl (C=O) groups excluding carboxylic acids is 1. The van der Waals surface area contributed by atoms with Crippen LogP contribution in [0.1, 0.15) is 32.3 Å². The molecule has 2 unspecified atom stereocenters. The van der Waals surface area contributed by atoms with Gasteiger partial charge in [-0.05, 0) is 32.4 Å². The molecule has 4 heteroatoms. The minimum Gasteiger partial charge on any atom is -0.460 e. The van der Waals surface area contributed by atoms with E-state index in [4.69, 9.17) is 10.5 Å². The van der Waals surface area contributed by atoms with E-state index in [1.807, 2.05) is 45.0 Å². The van der Waals surface area contributed by atoms with Gasteiger partial charge in [-0.25, -0.2) is 0 Å². The van der Waals surface area contributed by atoms with Gasteiger partial charge >= 0.3 is 5.97 Å². The van der Waals surface area contributed by atoms with E-state index in [1.165, 1.54) is 0 Å². The number of para-hydroxylation sites is 1. The van der Waals surface area contributed by atoms with Crippen LogP contribution in [0.25, 0.3) is 0 Å². The van der Waals surface area contributed by atoms with Crippen molar-refractivity contribution in [1.29, 1.82) is 0 Å². The van der Waals surface area contributed by atoms with Crippen LogP contribution < -0.4 is 11.1 Å². The summed E-state index contributed by atoms with van der Waals surface area (Å²) in [4.78, 5) is 12.3. The van der Waals surface area contributed by atoms with Crippen LogP contribution in [0.4, 0.5) is 5.69 Å². The lowest BCUT2D eigenvalue weighted by atomic mass is 9.88. The molecule has 1 saturated heterocycles. The number of rotatable bonds is 2. The molecule has 1 aliphatic heterocycles. The van der Waals surface area contributed by atoms with Crippen molar-refractivity contribution >= 4 is 11.7 Å². The highest BCUT2D eigenvalue weighted by Crippen LogP contribution is 2.33. The van der Waals surface area contributed by atoms with Gasteiger partial charge in [0.25, 0.3) is 0 Å². The van der Waals surface area contributed by atoms with Crippen LogP contribution in [-0.2, 0) is 9.53 Å². The maximum atomic E-state index is 12.3. The molecule has 0 radical (unpaired) electrons. The Balaban J connectivity index is 2.18. The number of hydrogen-bond acceptors (Lipinski definition) is 4. The van der Waals surface area contributed by atoms with Gasteiger partial charge in [0.05, 0.1) is 5.92 Å². The molecule has 0 saturated carbocycles. The summed E-state index contributed by atoms with van der Waals surface area (Å²) in [6.07, 6.45) is 0. The summed E-state index contributed by atoms with van der Waals surface area (Å²) in [7, 11) is 0. The van der Waals surface area contributed by atoms with Gasteiger partial charge in [0.1, 0.15) is 5.60 Å². The molecular weight excluding hydrogens is 240 g/mol. The fourth-order valence-electron chi connectivity index (χ4n) is 2.48. The zero-order valence-corrected chi connectivity index (χ0v) is 11.8. The predicted octanol–water partition coefficient (Wildman–Crippen LogP) is 1.91. The molecule has 3 N–H and O–H groups in total. The molecule has 2 rings (SSSR count). The molecule has 1 heterocycles. The fourth-order valence-corrected chi connectivity index (χ4v) is 2.48. The van der Waals surface area contributed by atoms with Crippen molar-refractivity contribution in [3.05, 3.63) is 29.8 Å². The van der Waals surface area contributed by atoms with Crippen LogP contribution in [0.3, 0.4) is 0 Å². The quantitative estimate of drug-likeness (QED) is 0.631. The number of nitrogen functional groups attached to an aromatic ring is 1. The Kier molecular flexibility index (Phi) is 3.80. The highest BCUT2D eigenvalue weighted by Gasteiger charge is 2.37. The summed E-state index contributed by atoms with van der Waals surface area (Å²) in [5, 5.41) is 3.26. The number of esters is 1. The van der Waals surface area contributed by atoms with Crippen molar-refractivity contribution in [2.75, 3.05) is 18.8 Å². The number of nitrogens with one attached hydrogen (secondary N) is 1. The second-order valence-corrected chi connectivity index (χ2v) is 6.03. The first-order chi connectivity index (χ1) is 8.88. The first-order valence-electron chi connectivity index (χ1n) is 6.66. The van der Waals surface area contributed by atoms with Crippen LogP contribution in [0.5, 0.6) is 0 Å². The van der Waals surface area contributed by atoms with Gasteiger partial charge in [-0.2, -0.15) is 0 Å². The van der Waals surface area contributed by atoms with E-state index >= 15 is 0 Å². The smallest absolute Gasteiger partial charge is 0.311 e. The molecule has 0 bridgehead atoms. The van der Waals surface area contributed by atoms with Crippen LogP contribution in [0.2, 0.25) is 0 Å². The Labute approximate surface area is 114 Å². The maximum absolute atomic E-state index is 12.3. The van der Waals surface area contributed by atoms with Crippen molar-refractivity contribution in [1.82, 2.24) is 5.32 Å². The Morgan fingerprint density at radius 3 is 2.63 bits per heavy atom. The third-order valence-corrected chi connectivity index (χ3v) is 3.32. The highest BCUT2D eigenvalue weighted by molar-refractivity contribution is 5.75. The maximum Gasteiger partial charge on any atom is 0.311 e. The number of nitrogens with two attached hydrogens (primary N) is 1. The lowest BCUT2D eigenvalue weighted by molar-refractivity contribution is -0.159. The second kappa shape index (κ2) is 5.21. The van der Waals surface area contributed by atoms with Crippen molar-refractivity contribution in [2.45, 2.75) is 32.3 Å². The van der Waals surface area contributed by atoms with E-state index in [0.717, 1.165) is 17.8 Å². The van der Waals surface area contributed by atoms with Gasteiger partial charge < -0.3 is 15.8 Å². The van der Waals surface area contributed by atoms with Gasteiger partial charge in [-0.1, -0.05) is 18.2 Å². The molecule has 0 amide bonds. The largest absolute Gasteiger partial charge is 0.460 e. The van der Waals surface area contributed by atoms with Crippen molar-refractivity contribution in [3.63, 3.8) is 0 Å². The molecule has 104 valence electrons. The number of ether oxygens (including phenoxy) is 1. The van der Waals surface area contributed by atoms with E-state index < -0.39 is 5.60 Å². The third-order valence-electron chi connectivity index (χ3n) is 3.32. The van der Waals surface area contributed by atoms with Crippen molar-refractivity contribution < 1.29 is 9.53 Å². The van der Waals surface area contributed by atoms with Crippen LogP contribution >= 0.6 is 0 Å². The molecule has 19 heavy (non-hydrogen) atoms. The standard InChI is InChI=1S/C15H22N2O2/c1-15(2,3)19-14(18)12-9-17-8-11(12)10-6-4-5-7-13(10)16/h4-7,11-12,17H,8-9,16H2,1-3H3. The van der Waals surface area contributed by atoms with E-state index in [9.17, 15) is 4.79 Å². The SMILES string of the molecule is CC(C)(C)OC(=O)C1CNCC1c1ccccc1N. The molecular formula is C15H22N2O2. The minimum atomic E-state index is -0.452. The Bertz CT molecular complexity index is 465. The molecule has 4 nitrogen and oxygen atoms in total. The normalized spacial score (nSPS) is 23.3. The fraction of sp³-hybridized carbons (Fsp3) is 0.533. The number of benzene rings is 1. The van der Waals surface area contributed by atoms with Crippen LogP contribution in [0.15, 0.2) is 24.3 Å². The monoisotopic (exact) mass is 262 g/mol. The molecule has 0 aliphatic carbocycles. The minimum absolute atomic E-state index is 0.0936. The first-order valence-corrected chi connectivity index (χ1v) is 6.66. The van der Waals surface area contributed by atoms with Crippen molar-refractivity contribution in [3.8, 4) is 0 Å². The van der Waals surface area contributed by atoms with Gasteiger partial charge in [0, 0.05) is 24.7 Å². The average Bonchev–Trinajstić information content (AvgIpc) is 2.76. The molecule has 0 spiro atoms. The average molecular weight is 262 g/mol. The summed E-state index contributed by atoms with van der Waals surface area (Å²) in [5.41, 5.74) is 7.33. The number of hydrogen-bond donors (Lipinski definition) is 2. The Morgan fingerprint density at radius 1 is 1.32 bits per heavy atom. The molecule has 1 fully saturated rings. The molecule has 1 aromatic carbocycles. The van der Waals surface area contributed by atoms with Gasteiger partial charge in [-0.3, -0.25) is 4.79 Å². The zero-order chi connectivity index (χ0) is 14.0. The van der Waals surface area contributed by atoms with Crippen LogP contribution in [0, 0.1) is 5.92 Å². The third kappa shape index (κ3) is 3.26. The van der Waals surface area contributed by atoms with Gasteiger partial charge in [0.15, 0.2) is 0 Å². The topological polar surface area (TPSA) is 64.3 Å². The summed E-state index contributed by atoms with van der Waals surface area (Å²) in [5.74, 6) is -0.217. The Morgan fingerprint density at radius 2 is 2.00 bits per heavy atom. The number of carbonyl (C=O) groups is 1. The second-order valence-electron chi connectivity index (χ2n) is 6.03. The first kappa shape index (κ1) is 13.9. The van der Waals surface area contributed by atoms with Gasteiger partial charge in [-0.15, -0.1) is 0 Å². The van der Waals surface area contributed by atoms with E-state index in [-0.39, 0.29) is 17.8 Å². The summed E-state index contributed by atoms with van der Waals surface area (Å²) >= 11 is 0. The molecule has 0 aromatic heterocycles. The van der Waals surface area contributed by atoms with Crippen molar-refractivity contribution in [2.24, 2.45) is 5.92 Å². The predicted molar refractivity (Wildman–Crippen MR) is 75.8 cm³/mol. The lowest BCUT2D eigenvalue weighted by Crippen LogP contribution is -2.32. The van der Waals surface area contributed by atoms with Crippen LogP contribution in [-0.4, -0.2) is 24.7 Å². The summed E-state index contributed by atoms with van der Waals surface area (Å²) in [6.45, 7) is 7.07. The lowest BCUT2D eigenvalue weighted by Gasteiger charge is -2.25. The molecule has 2 atom stereocenters. The van der Waals surface area contributed by atoms with E-state index in [2.05, 4.69) is 5.32 Å². The highest BCUT2D eigenvalue weighted by atomic mass is 16.6. The summed E-state index contributed by atoms with van der Waals surface area (Å²) in [6, 6.07) is 7.73. The molecule has 1 aliphatic rings. The van der Waals surface area contributed by atoms with Gasteiger partial charge in [0.2, 0.25) is 0 Å². The Hall–Kier alpha value is -1.55. The zero-order valence-electron chi connectivity index (χ0n) is 11.8. The molecule has 1 aromatic rings. The number of anilines is 1. The summed E-state index contributed by atoms with van der Waals surface area (Å²) < 4.78 is 5.49.